The highest BCUT2D eigenvalue weighted by molar-refractivity contribution is 7.08. The van der Waals surface area contributed by atoms with Crippen molar-refractivity contribution in [3.05, 3.63) is 52.5 Å². The molecule has 0 N–H and O–H groups in total. The molecule has 0 bridgehead atoms. The van der Waals surface area contributed by atoms with Gasteiger partial charge >= 0.3 is 5.97 Å². The second-order valence-electron chi connectivity index (χ2n) is 6.46. The number of aryl methyl sites for hydroxylation is 2. The smallest absolute Gasteiger partial charge is 0.306 e. The Balaban J connectivity index is 1.26. The number of esters is 1. The molecule has 0 unspecified atom stereocenters. The first-order valence-electron chi connectivity index (χ1n) is 9.10. The highest BCUT2D eigenvalue weighted by Crippen LogP contribution is 2.26. The third kappa shape index (κ3) is 4.12. The predicted octanol–water partition coefficient (Wildman–Crippen LogP) is 3.25. The normalized spacial score (nSPS) is 13.2. The van der Waals surface area contributed by atoms with Crippen LogP contribution in [-0.4, -0.2) is 35.2 Å². The fourth-order valence-corrected chi connectivity index (χ4v) is 3.79. The number of thiophene rings is 1. The molecular formula is C20H19N3O4S. The van der Waals surface area contributed by atoms with Crippen molar-refractivity contribution >= 4 is 28.9 Å². The quantitative estimate of drug-likeness (QED) is 0.594. The molecule has 1 aromatic carbocycles. The zero-order chi connectivity index (χ0) is 19.3. The van der Waals surface area contributed by atoms with Gasteiger partial charge in [0.1, 0.15) is 0 Å². The molecule has 0 radical (unpaired) electrons. The Morgan fingerprint density at radius 2 is 2.14 bits per heavy atom. The molecule has 28 heavy (non-hydrogen) atoms. The number of nitrogens with zero attached hydrogens (tertiary/aromatic N) is 3. The maximum Gasteiger partial charge on any atom is 0.306 e. The van der Waals surface area contributed by atoms with Gasteiger partial charge in [-0.1, -0.05) is 23.4 Å². The topological polar surface area (TPSA) is 85.5 Å². The molecule has 8 heteroatoms. The van der Waals surface area contributed by atoms with Gasteiger partial charge in [0, 0.05) is 29.6 Å². The fraction of sp³-hybridized carbons (Fsp3) is 0.300. The van der Waals surface area contributed by atoms with Gasteiger partial charge in [0.15, 0.2) is 6.61 Å². The van der Waals surface area contributed by atoms with E-state index in [1.807, 2.05) is 41.1 Å². The van der Waals surface area contributed by atoms with E-state index < -0.39 is 5.97 Å². The van der Waals surface area contributed by atoms with Crippen molar-refractivity contribution in [3.63, 3.8) is 0 Å². The van der Waals surface area contributed by atoms with Crippen LogP contribution in [0.3, 0.4) is 0 Å². The van der Waals surface area contributed by atoms with E-state index in [-0.39, 0.29) is 25.4 Å². The average Bonchev–Trinajstić information content (AvgIpc) is 3.41. The number of carbonyl (C=O) groups excluding carboxylic acids is 2. The molecule has 1 aliphatic heterocycles. The minimum absolute atomic E-state index is 0.0785. The molecule has 2 aromatic heterocycles. The minimum atomic E-state index is -0.464. The highest BCUT2D eigenvalue weighted by atomic mass is 32.1. The van der Waals surface area contributed by atoms with Crippen molar-refractivity contribution in [1.29, 1.82) is 0 Å². The molecular weight excluding hydrogens is 378 g/mol. The van der Waals surface area contributed by atoms with Gasteiger partial charge in [-0.05, 0) is 35.9 Å². The lowest BCUT2D eigenvalue weighted by molar-refractivity contribution is -0.147. The molecule has 1 aliphatic rings. The van der Waals surface area contributed by atoms with E-state index >= 15 is 0 Å². The van der Waals surface area contributed by atoms with Crippen molar-refractivity contribution in [2.75, 3.05) is 18.1 Å². The minimum Gasteiger partial charge on any atom is -0.456 e. The maximum atomic E-state index is 12.5. The molecule has 0 saturated carbocycles. The molecule has 7 nitrogen and oxygen atoms in total. The van der Waals surface area contributed by atoms with E-state index in [0.717, 1.165) is 29.7 Å². The van der Waals surface area contributed by atoms with Gasteiger partial charge in [-0.2, -0.15) is 16.3 Å². The van der Waals surface area contributed by atoms with E-state index in [1.165, 1.54) is 0 Å². The summed E-state index contributed by atoms with van der Waals surface area (Å²) in [7, 11) is 0. The zero-order valence-electron chi connectivity index (χ0n) is 15.2. The molecule has 0 fully saturated rings. The fourth-order valence-electron chi connectivity index (χ4n) is 3.16. The maximum absolute atomic E-state index is 12.5. The summed E-state index contributed by atoms with van der Waals surface area (Å²) in [4.78, 5) is 30.4. The number of benzene rings is 1. The Kier molecular flexibility index (Phi) is 5.48. The van der Waals surface area contributed by atoms with Crippen molar-refractivity contribution in [2.24, 2.45) is 0 Å². The number of fused-ring (bicyclic) bond motifs is 1. The molecule has 144 valence electrons. The lowest BCUT2D eigenvalue weighted by atomic mass is 10.0. The SMILES string of the molecule is O=C(CCc1nc(-c2ccsc2)no1)OCC(=O)N1CCCc2ccccc21. The van der Waals surface area contributed by atoms with Crippen LogP contribution in [0.15, 0.2) is 45.6 Å². The van der Waals surface area contributed by atoms with Gasteiger partial charge in [0.25, 0.3) is 5.91 Å². The average molecular weight is 397 g/mol. The van der Waals surface area contributed by atoms with Crippen molar-refractivity contribution in [3.8, 4) is 11.4 Å². The second kappa shape index (κ2) is 8.35. The highest BCUT2D eigenvalue weighted by Gasteiger charge is 2.23. The van der Waals surface area contributed by atoms with Crippen molar-refractivity contribution < 1.29 is 18.8 Å². The van der Waals surface area contributed by atoms with Gasteiger partial charge < -0.3 is 14.2 Å². The summed E-state index contributed by atoms with van der Waals surface area (Å²) in [5.74, 6) is 0.199. The Morgan fingerprint density at radius 1 is 1.25 bits per heavy atom. The molecule has 3 aromatic rings. The summed E-state index contributed by atoms with van der Waals surface area (Å²) in [5.41, 5.74) is 2.93. The number of hydrogen-bond donors (Lipinski definition) is 0. The molecule has 3 heterocycles. The first-order chi connectivity index (χ1) is 13.7. The Bertz CT molecular complexity index is 968. The van der Waals surface area contributed by atoms with E-state index in [4.69, 9.17) is 9.26 Å². The number of ether oxygens (including phenoxy) is 1. The summed E-state index contributed by atoms with van der Waals surface area (Å²) < 4.78 is 10.3. The molecule has 4 rings (SSSR count). The first kappa shape index (κ1) is 18.4. The third-order valence-corrected chi connectivity index (χ3v) is 5.24. The Morgan fingerprint density at radius 3 is 3.00 bits per heavy atom. The number of para-hydroxylation sites is 1. The molecule has 0 spiro atoms. The monoisotopic (exact) mass is 397 g/mol. The largest absolute Gasteiger partial charge is 0.456 e. The summed E-state index contributed by atoms with van der Waals surface area (Å²) in [6.07, 6.45) is 2.21. The van der Waals surface area contributed by atoms with Crippen LogP contribution in [0.2, 0.25) is 0 Å². The molecule has 0 saturated heterocycles. The number of rotatable bonds is 6. The van der Waals surface area contributed by atoms with Crippen LogP contribution in [-0.2, 0) is 27.2 Å². The van der Waals surface area contributed by atoms with Crippen LogP contribution < -0.4 is 4.90 Å². The first-order valence-corrected chi connectivity index (χ1v) is 10.0. The number of anilines is 1. The molecule has 0 aliphatic carbocycles. The standard InChI is InChI=1S/C20H19N3O4S/c24-18(23-10-3-5-14-4-1-2-6-16(14)23)12-26-19(25)8-7-17-21-20(22-27-17)15-9-11-28-13-15/h1-2,4,6,9,11,13H,3,5,7-8,10,12H2. The van der Waals surface area contributed by atoms with Crippen molar-refractivity contribution in [2.45, 2.75) is 25.7 Å². The number of carbonyl (C=O) groups is 2. The van der Waals surface area contributed by atoms with E-state index in [9.17, 15) is 9.59 Å². The Labute approximate surface area is 165 Å². The lowest BCUT2D eigenvalue weighted by Gasteiger charge is -2.29. The van der Waals surface area contributed by atoms with Crippen LogP contribution in [0.25, 0.3) is 11.4 Å². The van der Waals surface area contributed by atoms with Gasteiger partial charge in [-0.25, -0.2) is 0 Å². The number of hydrogen-bond acceptors (Lipinski definition) is 7. The third-order valence-electron chi connectivity index (χ3n) is 4.56. The number of amides is 1. The summed E-state index contributed by atoms with van der Waals surface area (Å²) in [5, 5.41) is 7.76. The summed E-state index contributed by atoms with van der Waals surface area (Å²) in [6, 6.07) is 9.72. The van der Waals surface area contributed by atoms with Gasteiger partial charge in [-0.3, -0.25) is 9.59 Å². The van der Waals surface area contributed by atoms with Crippen LogP contribution >= 0.6 is 11.3 Å². The Hall–Kier alpha value is -3.00. The van der Waals surface area contributed by atoms with Crippen LogP contribution in [0, 0.1) is 0 Å². The van der Waals surface area contributed by atoms with Crippen LogP contribution in [0.4, 0.5) is 5.69 Å². The second-order valence-corrected chi connectivity index (χ2v) is 7.24. The van der Waals surface area contributed by atoms with E-state index in [0.29, 0.717) is 18.3 Å². The van der Waals surface area contributed by atoms with Gasteiger partial charge in [0.2, 0.25) is 11.7 Å². The lowest BCUT2D eigenvalue weighted by Crippen LogP contribution is -2.38. The molecule has 1 amide bonds. The van der Waals surface area contributed by atoms with Crippen LogP contribution in [0.5, 0.6) is 0 Å². The zero-order valence-corrected chi connectivity index (χ0v) is 16.0. The van der Waals surface area contributed by atoms with Gasteiger partial charge in [0.05, 0.1) is 6.42 Å². The van der Waals surface area contributed by atoms with E-state index in [2.05, 4.69) is 10.1 Å². The molecule has 0 atom stereocenters. The van der Waals surface area contributed by atoms with E-state index in [1.54, 1.807) is 16.2 Å². The van der Waals surface area contributed by atoms with Gasteiger partial charge in [-0.15, -0.1) is 0 Å². The number of aromatic nitrogens is 2. The van der Waals surface area contributed by atoms with Crippen molar-refractivity contribution in [1.82, 2.24) is 10.1 Å². The summed E-state index contributed by atoms with van der Waals surface area (Å²) in [6.45, 7) is 0.373. The van der Waals surface area contributed by atoms with Crippen LogP contribution in [0.1, 0.15) is 24.3 Å². The summed E-state index contributed by atoms with van der Waals surface area (Å²) >= 11 is 1.55. The predicted molar refractivity (Wildman–Crippen MR) is 104 cm³/mol.